The van der Waals surface area contributed by atoms with E-state index in [0.717, 1.165) is 44.9 Å². The number of carboxylic acids is 2. The molecular formula is C23H42N2O6. The molecule has 0 saturated carbocycles. The summed E-state index contributed by atoms with van der Waals surface area (Å²) in [5, 5.41) is 21.3. The van der Waals surface area contributed by atoms with Crippen molar-refractivity contribution in [3.05, 3.63) is 12.7 Å². The van der Waals surface area contributed by atoms with E-state index < -0.39 is 11.9 Å². The van der Waals surface area contributed by atoms with Gasteiger partial charge in [-0.15, -0.1) is 6.58 Å². The largest absolute Gasteiger partial charge is 0.480 e. The lowest BCUT2D eigenvalue weighted by Crippen LogP contribution is -2.28. The van der Waals surface area contributed by atoms with Crippen LogP contribution in [0.5, 0.6) is 0 Å². The minimum atomic E-state index is -0.999. The fourth-order valence-electron chi connectivity index (χ4n) is 2.70. The summed E-state index contributed by atoms with van der Waals surface area (Å²) in [6, 6.07) is 0. The highest BCUT2D eigenvalue weighted by Gasteiger charge is 2.03. The summed E-state index contributed by atoms with van der Waals surface area (Å²) in [6.07, 6.45) is 16.0. The van der Waals surface area contributed by atoms with Crippen molar-refractivity contribution in [1.82, 2.24) is 10.6 Å². The Bertz CT molecular complexity index is 508. The molecule has 0 aromatic carbocycles. The van der Waals surface area contributed by atoms with Crippen molar-refractivity contribution in [3.8, 4) is 0 Å². The Morgan fingerprint density at radius 1 is 0.677 bits per heavy atom. The van der Waals surface area contributed by atoms with Crippen molar-refractivity contribution in [3.63, 3.8) is 0 Å². The Balaban J connectivity index is 0. The van der Waals surface area contributed by atoms with E-state index in [1.54, 1.807) is 0 Å². The summed E-state index contributed by atoms with van der Waals surface area (Å²) < 4.78 is 0. The van der Waals surface area contributed by atoms with Crippen LogP contribution in [0.3, 0.4) is 0 Å². The lowest BCUT2D eigenvalue weighted by atomic mass is 10.1. The van der Waals surface area contributed by atoms with Crippen LogP contribution in [0, 0.1) is 0 Å². The number of unbranched alkanes of at least 4 members (excludes halogenated alkanes) is 10. The Hall–Kier alpha value is -2.38. The van der Waals surface area contributed by atoms with Crippen molar-refractivity contribution < 1.29 is 29.4 Å². The fraction of sp³-hybridized carbons (Fsp3) is 0.739. The standard InChI is InChI=1S/C13H23NO3.C10H19NO3/c1-2-3-4-5-6-7-8-9-10-12(15)14-11-13(16)17;1-2-3-4-5-6-7-9(12)11-8-10(13)14/h2H,1,3-11H2,(H,14,15)(H,16,17);2-8H2,1H3,(H,11,12)(H,13,14). The lowest BCUT2D eigenvalue weighted by molar-refractivity contribution is -0.138. The number of nitrogens with one attached hydrogen (secondary N) is 2. The first-order valence-corrected chi connectivity index (χ1v) is 11.4. The second-order valence-corrected chi connectivity index (χ2v) is 7.45. The van der Waals surface area contributed by atoms with Gasteiger partial charge in [-0.05, 0) is 25.7 Å². The van der Waals surface area contributed by atoms with Gasteiger partial charge in [-0.3, -0.25) is 19.2 Å². The summed E-state index contributed by atoms with van der Waals surface area (Å²) in [4.78, 5) is 42.4. The van der Waals surface area contributed by atoms with Crippen LogP contribution in [0.15, 0.2) is 12.7 Å². The monoisotopic (exact) mass is 442 g/mol. The zero-order valence-corrected chi connectivity index (χ0v) is 19.1. The van der Waals surface area contributed by atoms with Crippen LogP contribution < -0.4 is 10.6 Å². The van der Waals surface area contributed by atoms with Crippen molar-refractivity contribution in [2.75, 3.05) is 13.1 Å². The number of carbonyl (C=O) groups excluding carboxylic acids is 2. The molecule has 2 amide bonds. The topological polar surface area (TPSA) is 133 Å². The highest BCUT2D eigenvalue weighted by molar-refractivity contribution is 5.81. The summed E-state index contributed by atoms with van der Waals surface area (Å²) in [6.45, 7) is 5.26. The molecule has 180 valence electrons. The SMILES string of the molecule is C=CCCCCCCCCC(=O)NCC(=O)O.CCCCCCCC(=O)NCC(=O)O. The first-order chi connectivity index (χ1) is 14.8. The molecule has 0 bridgehead atoms. The van der Waals surface area contributed by atoms with E-state index >= 15 is 0 Å². The van der Waals surface area contributed by atoms with Crippen LogP contribution in [0.2, 0.25) is 0 Å². The number of aliphatic carboxylic acids is 2. The van der Waals surface area contributed by atoms with Gasteiger partial charge in [0.2, 0.25) is 11.8 Å². The Kier molecular flexibility index (Phi) is 23.7. The van der Waals surface area contributed by atoms with Crippen LogP contribution in [0.4, 0.5) is 0 Å². The van der Waals surface area contributed by atoms with Gasteiger partial charge < -0.3 is 20.8 Å². The second kappa shape index (κ2) is 23.9. The smallest absolute Gasteiger partial charge is 0.322 e. The van der Waals surface area contributed by atoms with Gasteiger partial charge in [0.1, 0.15) is 13.1 Å². The molecule has 0 atom stereocenters. The maximum Gasteiger partial charge on any atom is 0.322 e. The molecule has 0 aliphatic heterocycles. The maximum absolute atomic E-state index is 11.1. The Morgan fingerprint density at radius 3 is 1.45 bits per heavy atom. The maximum atomic E-state index is 11.1. The minimum Gasteiger partial charge on any atom is -0.480 e. The van der Waals surface area contributed by atoms with Gasteiger partial charge in [0.25, 0.3) is 0 Å². The number of hydrogen-bond acceptors (Lipinski definition) is 4. The van der Waals surface area contributed by atoms with Crippen molar-refractivity contribution in [2.45, 2.75) is 96.8 Å². The van der Waals surface area contributed by atoms with Crippen molar-refractivity contribution in [1.29, 1.82) is 0 Å². The van der Waals surface area contributed by atoms with E-state index in [9.17, 15) is 19.2 Å². The third-order valence-corrected chi connectivity index (χ3v) is 4.44. The van der Waals surface area contributed by atoms with Crippen LogP contribution in [0.25, 0.3) is 0 Å². The molecule has 0 spiro atoms. The van der Waals surface area contributed by atoms with Crippen LogP contribution in [0.1, 0.15) is 96.8 Å². The predicted molar refractivity (Wildman–Crippen MR) is 122 cm³/mol. The highest BCUT2D eigenvalue weighted by Crippen LogP contribution is 2.08. The molecule has 0 unspecified atom stereocenters. The average molecular weight is 443 g/mol. The number of carbonyl (C=O) groups is 4. The molecule has 0 saturated heterocycles. The van der Waals surface area contributed by atoms with E-state index in [0.29, 0.717) is 12.8 Å². The number of amides is 2. The Labute approximate surface area is 186 Å². The van der Waals surface area contributed by atoms with Gasteiger partial charge in [-0.2, -0.15) is 0 Å². The number of carboxylic acid groups (broad SMARTS) is 2. The third kappa shape index (κ3) is 29.9. The Morgan fingerprint density at radius 2 is 1.06 bits per heavy atom. The molecule has 31 heavy (non-hydrogen) atoms. The molecule has 0 aliphatic carbocycles. The third-order valence-electron chi connectivity index (χ3n) is 4.44. The van der Waals surface area contributed by atoms with Gasteiger partial charge in [0.15, 0.2) is 0 Å². The molecule has 0 rings (SSSR count). The van der Waals surface area contributed by atoms with Gasteiger partial charge in [0.05, 0.1) is 0 Å². The molecule has 4 N–H and O–H groups in total. The molecule has 0 aromatic heterocycles. The summed E-state index contributed by atoms with van der Waals surface area (Å²) >= 11 is 0. The van der Waals surface area contributed by atoms with Crippen molar-refractivity contribution in [2.24, 2.45) is 0 Å². The van der Waals surface area contributed by atoms with E-state index in [1.165, 1.54) is 32.1 Å². The minimum absolute atomic E-state index is 0.163. The average Bonchev–Trinajstić information content (AvgIpc) is 2.73. The number of allylic oxidation sites excluding steroid dienone is 1. The van der Waals surface area contributed by atoms with E-state index in [2.05, 4.69) is 24.1 Å². The zero-order valence-electron chi connectivity index (χ0n) is 19.1. The molecular weight excluding hydrogens is 400 g/mol. The van der Waals surface area contributed by atoms with E-state index in [-0.39, 0.29) is 24.9 Å². The molecule has 8 heteroatoms. The molecule has 0 aromatic rings. The van der Waals surface area contributed by atoms with Crippen LogP contribution in [-0.2, 0) is 19.2 Å². The van der Waals surface area contributed by atoms with Gasteiger partial charge in [-0.1, -0.05) is 64.4 Å². The van der Waals surface area contributed by atoms with Gasteiger partial charge >= 0.3 is 11.9 Å². The molecule has 0 radical (unpaired) electrons. The fourth-order valence-corrected chi connectivity index (χ4v) is 2.70. The quantitative estimate of drug-likeness (QED) is 0.176. The highest BCUT2D eigenvalue weighted by atomic mass is 16.4. The van der Waals surface area contributed by atoms with Crippen LogP contribution in [-0.4, -0.2) is 47.1 Å². The van der Waals surface area contributed by atoms with Crippen molar-refractivity contribution >= 4 is 23.8 Å². The summed E-state index contributed by atoms with van der Waals surface area (Å²) in [7, 11) is 0. The van der Waals surface area contributed by atoms with Gasteiger partial charge in [0, 0.05) is 12.8 Å². The van der Waals surface area contributed by atoms with E-state index in [4.69, 9.17) is 10.2 Å². The molecule has 8 nitrogen and oxygen atoms in total. The van der Waals surface area contributed by atoms with E-state index in [1.807, 2.05) is 6.08 Å². The molecule has 0 fully saturated rings. The normalized spacial score (nSPS) is 9.84. The summed E-state index contributed by atoms with van der Waals surface area (Å²) in [5.74, 6) is -2.33. The summed E-state index contributed by atoms with van der Waals surface area (Å²) in [5.41, 5.74) is 0. The van der Waals surface area contributed by atoms with Crippen LogP contribution >= 0.6 is 0 Å². The number of rotatable bonds is 19. The molecule has 0 aliphatic rings. The lowest BCUT2D eigenvalue weighted by Gasteiger charge is -2.02. The number of hydrogen-bond donors (Lipinski definition) is 4. The predicted octanol–water partition coefficient (Wildman–Crippen LogP) is 4.04. The zero-order chi connectivity index (χ0) is 23.7. The molecule has 0 heterocycles. The van der Waals surface area contributed by atoms with Gasteiger partial charge in [-0.25, -0.2) is 0 Å². The first kappa shape index (κ1) is 30.8. The first-order valence-electron chi connectivity index (χ1n) is 11.4. The second-order valence-electron chi connectivity index (χ2n) is 7.45.